The number of allylic oxidation sites excluding steroid dienone is 2. The molecular formula is C11H15FN2O2. The molecule has 2 aliphatic rings. The first-order chi connectivity index (χ1) is 7.68. The van der Waals surface area contributed by atoms with Crippen molar-refractivity contribution in [2.24, 2.45) is 0 Å². The summed E-state index contributed by atoms with van der Waals surface area (Å²) in [6.07, 6.45) is 6.28. The first-order valence-corrected chi connectivity index (χ1v) is 5.39. The third-order valence-corrected chi connectivity index (χ3v) is 3.02. The van der Waals surface area contributed by atoms with Gasteiger partial charge in [-0.2, -0.15) is 0 Å². The van der Waals surface area contributed by atoms with Gasteiger partial charge in [-0.1, -0.05) is 24.3 Å². The number of hydrogen-bond acceptors (Lipinski definition) is 2. The van der Waals surface area contributed by atoms with Crippen LogP contribution in [0.4, 0.5) is 9.18 Å². The highest BCUT2D eigenvalue weighted by molar-refractivity contribution is 5.65. The molecule has 4 nitrogen and oxygen atoms in total. The molecule has 1 N–H and O–H groups in total. The van der Waals surface area contributed by atoms with E-state index in [0.29, 0.717) is 6.54 Å². The molecule has 0 spiro atoms. The lowest BCUT2D eigenvalue weighted by molar-refractivity contribution is 0.000143. The van der Waals surface area contributed by atoms with Crippen molar-refractivity contribution in [1.82, 2.24) is 9.80 Å². The molecule has 1 aliphatic heterocycles. The van der Waals surface area contributed by atoms with Crippen LogP contribution in [0.2, 0.25) is 0 Å². The van der Waals surface area contributed by atoms with Crippen LogP contribution < -0.4 is 0 Å². The average Bonchev–Trinajstić information content (AvgIpc) is 2.29. The maximum absolute atomic E-state index is 13.6. The van der Waals surface area contributed by atoms with Crippen molar-refractivity contribution in [2.75, 3.05) is 19.6 Å². The van der Waals surface area contributed by atoms with Gasteiger partial charge in [-0.25, -0.2) is 9.18 Å². The van der Waals surface area contributed by atoms with Crippen molar-refractivity contribution >= 4 is 6.09 Å². The fourth-order valence-electron chi connectivity index (χ4n) is 2.11. The van der Waals surface area contributed by atoms with Crippen molar-refractivity contribution in [3.05, 3.63) is 24.3 Å². The van der Waals surface area contributed by atoms with E-state index >= 15 is 0 Å². The first-order valence-electron chi connectivity index (χ1n) is 5.39. The lowest BCUT2D eigenvalue weighted by Crippen LogP contribution is -2.55. The molecule has 0 radical (unpaired) electrons. The van der Waals surface area contributed by atoms with Crippen molar-refractivity contribution < 1.29 is 14.3 Å². The number of alkyl halides is 1. The van der Waals surface area contributed by atoms with Crippen LogP contribution in [0.25, 0.3) is 0 Å². The average molecular weight is 226 g/mol. The number of nitrogens with zero attached hydrogens (tertiary/aromatic N) is 2. The van der Waals surface area contributed by atoms with Crippen molar-refractivity contribution in [1.29, 1.82) is 0 Å². The van der Waals surface area contributed by atoms with E-state index in [1.54, 1.807) is 0 Å². The number of amides is 1. The highest BCUT2D eigenvalue weighted by atomic mass is 19.1. The Morgan fingerprint density at radius 1 is 1.38 bits per heavy atom. The minimum absolute atomic E-state index is 0.162. The molecule has 0 aromatic heterocycles. The van der Waals surface area contributed by atoms with Crippen molar-refractivity contribution in [3.8, 4) is 0 Å². The Labute approximate surface area is 93.6 Å². The second-order valence-electron chi connectivity index (χ2n) is 4.02. The Hall–Kier alpha value is -1.36. The van der Waals surface area contributed by atoms with Crippen LogP contribution in [0, 0.1) is 0 Å². The largest absolute Gasteiger partial charge is 0.465 e. The van der Waals surface area contributed by atoms with Crippen LogP contribution in [-0.4, -0.2) is 53.0 Å². The molecule has 2 atom stereocenters. The molecule has 0 saturated carbocycles. The van der Waals surface area contributed by atoms with Crippen LogP contribution >= 0.6 is 0 Å². The zero-order valence-electron chi connectivity index (χ0n) is 8.92. The summed E-state index contributed by atoms with van der Waals surface area (Å²) < 4.78 is 13.6. The number of carbonyl (C=O) groups is 1. The summed E-state index contributed by atoms with van der Waals surface area (Å²) in [4.78, 5) is 13.5. The lowest BCUT2D eigenvalue weighted by atomic mass is 10.1. The summed E-state index contributed by atoms with van der Waals surface area (Å²) in [6, 6.07) is 0.208. The van der Waals surface area contributed by atoms with Gasteiger partial charge >= 0.3 is 6.09 Å². The highest BCUT2D eigenvalue weighted by Gasteiger charge is 2.32. The van der Waals surface area contributed by atoms with Crippen LogP contribution in [0.1, 0.15) is 6.42 Å². The molecule has 1 fully saturated rings. The summed E-state index contributed by atoms with van der Waals surface area (Å²) in [6.45, 7) is 0.995. The predicted octanol–water partition coefficient (Wildman–Crippen LogP) is 1.46. The fraction of sp³-hybridized carbons (Fsp3) is 0.545. The molecule has 88 valence electrons. The summed E-state index contributed by atoms with van der Waals surface area (Å²) in [7, 11) is 0. The summed E-state index contributed by atoms with van der Waals surface area (Å²) in [5.74, 6) is 0. The lowest BCUT2D eigenvalue weighted by Gasteiger charge is -2.39. The van der Waals surface area contributed by atoms with Crippen LogP contribution in [-0.2, 0) is 0 Å². The maximum atomic E-state index is 13.6. The highest BCUT2D eigenvalue weighted by Crippen LogP contribution is 2.18. The van der Waals surface area contributed by atoms with Crippen LogP contribution in [0.3, 0.4) is 0 Å². The van der Waals surface area contributed by atoms with Crippen LogP contribution in [0.5, 0.6) is 0 Å². The molecule has 0 aromatic rings. The number of rotatable bonds is 1. The van der Waals surface area contributed by atoms with Gasteiger partial charge in [-0.05, 0) is 6.42 Å². The second-order valence-corrected chi connectivity index (χ2v) is 4.02. The van der Waals surface area contributed by atoms with Crippen molar-refractivity contribution in [2.45, 2.75) is 18.8 Å². The van der Waals surface area contributed by atoms with Gasteiger partial charge in [0, 0.05) is 25.7 Å². The summed E-state index contributed by atoms with van der Waals surface area (Å²) >= 11 is 0. The Kier molecular flexibility index (Phi) is 3.24. The predicted molar refractivity (Wildman–Crippen MR) is 57.9 cm³/mol. The second kappa shape index (κ2) is 4.65. The summed E-state index contributed by atoms with van der Waals surface area (Å²) in [5, 5.41) is 8.75. The molecule has 5 heteroatoms. The number of hydrogen-bond donors (Lipinski definition) is 1. The van der Waals surface area contributed by atoms with E-state index in [2.05, 4.69) is 0 Å². The zero-order chi connectivity index (χ0) is 11.5. The van der Waals surface area contributed by atoms with Gasteiger partial charge in [0.05, 0.1) is 0 Å². The van der Waals surface area contributed by atoms with Gasteiger partial charge in [-0.15, -0.1) is 0 Å². The van der Waals surface area contributed by atoms with E-state index in [1.807, 2.05) is 29.2 Å². The smallest absolute Gasteiger partial charge is 0.409 e. The molecule has 16 heavy (non-hydrogen) atoms. The van der Waals surface area contributed by atoms with E-state index in [4.69, 9.17) is 5.11 Å². The van der Waals surface area contributed by atoms with Crippen molar-refractivity contribution in [3.63, 3.8) is 0 Å². The number of carboxylic acid groups (broad SMARTS) is 1. The third-order valence-electron chi connectivity index (χ3n) is 3.02. The zero-order valence-corrected chi connectivity index (χ0v) is 8.92. The van der Waals surface area contributed by atoms with Gasteiger partial charge in [0.15, 0.2) is 6.30 Å². The molecular weight excluding hydrogens is 211 g/mol. The molecule has 0 aromatic carbocycles. The van der Waals surface area contributed by atoms with Gasteiger partial charge in [0.25, 0.3) is 0 Å². The van der Waals surface area contributed by atoms with E-state index in [1.165, 1.54) is 0 Å². The molecule has 0 bridgehead atoms. The monoisotopic (exact) mass is 226 g/mol. The minimum atomic E-state index is -1.41. The van der Waals surface area contributed by atoms with Gasteiger partial charge in [0.2, 0.25) is 0 Å². The third kappa shape index (κ3) is 2.24. The number of piperazine rings is 1. The van der Waals surface area contributed by atoms with Gasteiger partial charge < -0.3 is 5.11 Å². The minimum Gasteiger partial charge on any atom is -0.465 e. The Morgan fingerprint density at radius 3 is 2.75 bits per heavy atom. The number of halogens is 1. The first kappa shape index (κ1) is 11.1. The van der Waals surface area contributed by atoms with E-state index in [9.17, 15) is 9.18 Å². The topological polar surface area (TPSA) is 43.8 Å². The van der Waals surface area contributed by atoms with Gasteiger partial charge in [-0.3, -0.25) is 9.80 Å². The molecule has 1 heterocycles. The Morgan fingerprint density at radius 2 is 2.19 bits per heavy atom. The van der Waals surface area contributed by atoms with Crippen LogP contribution in [0.15, 0.2) is 24.3 Å². The standard InChI is InChI=1S/C11H15FN2O2/c12-10-8-13(6-7-14(10)11(15)16)9-4-2-1-3-5-9/h1-4,9-10H,5-8H2,(H,15,16). The molecule has 2 unspecified atom stereocenters. The maximum Gasteiger partial charge on any atom is 0.409 e. The quantitative estimate of drug-likeness (QED) is 0.688. The van der Waals surface area contributed by atoms with E-state index in [0.717, 1.165) is 11.3 Å². The Balaban J connectivity index is 1.94. The molecule has 1 saturated heterocycles. The molecule has 1 amide bonds. The SMILES string of the molecule is O=C(O)N1CCN(C2C=CC=CC2)CC1F. The Bertz CT molecular complexity index is 330. The van der Waals surface area contributed by atoms with E-state index < -0.39 is 12.4 Å². The summed E-state index contributed by atoms with van der Waals surface area (Å²) in [5.41, 5.74) is 0. The molecule has 2 rings (SSSR count). The fourth-order valence-corrected chi connectivity index (χ4v) is 2.11. The normalized spacial score (nSPS) is 30.7. The van der Waals surface area contributed by atoms with Gasteiger partial charge in [0.1, 0.15) is 0 Å². The van der Waals surface area contributed by atoms with E-state index in [-0.39, 0.29) is 19.1 Å². The molecule has 1 aliphatic carbocycles.